The van der Waals surface area contributed by atoms with Gasteiger partial charge in [0.25, 0.3) is 0 Å². The molecule has 0 bridgehead atoms. The molecule has 4 heterocycles. The maximum Gasteiger partial charge on any atom is 0.338 e. The van der Waals surface area contributed by atoms with Gasteiger partial charge >= 0.3 is 30.0 Å². The van der Waals surface area contributed by atoms with Crippen molar-refractivity contribution in [2.45, 2.75) is 0 Å². The van der Waals surface area contributed by atoms with Crippen LogP contribution in [0, 0.1) is 0 Å². The van der Waals surface area contributed by atoms with Gasteiger partial charge < -0.3 is 41.2 Å². The highest BCUT2D eigenvalue weighted by atomic mass is 35.5. The van der Waals surface area contributed by atoms with Gasteiger partial charge in [0, 0.05) is 7.11 Å². The molecule has 1 aliphatic heterocycles. The predicted octanol–water partition coefficient (Wildman–Crippen LogP) is -1.16. The van der Waals surface area contributed by atoms with Gasteiger partial charge in [-0.2, -0.15) is 24.9 Å². The number of methoxy groups -OCH3 is 4. The number of rotatable bonds is 5. The Labute approximate surface area is 256 Å². The van der Waals surface area contributed by atoms with Crippen LogP contribution in [0.4, 0.5) is 5.95 Å². The molecule has 0 atom stereocenters. The summed E-state index contributed by atoms with van der Waals surface area (Å²) in [6.07, 6.45) is 0. The smallest absolute Gasteiger partial charge is 0.338 e. The van der Waals surface area contributed by atoms with Gasteiger partial charge in [-0.25, -0.2) is 0 Å². The van der Waals surface area contributed by atoms with Gasteiger partial charge in [-0.1, -0.05) is 0 Å². The van der Waals surface area contributed by atoms with E-state index >= 15 is 0 Å². The lowest BCUT2D eigenvalue weighted by molar-refractivity contribution is -0.0000131. The molecule has 0 unspecified atom stereocenters. The van der Waals surface area contributed by atoms with E-state index in [9.17, 15) is 0 Å². The Balaban J connectivity index is 0.000000577. The Hall–Kier alpha value is -2.44. The Morgan fingerprint density at radius 1 is 0.575 bits per heavy atom. The van der Waals surface area contributed by atoms with Crippen molar-refractivity contribution in [2.24, 2.45) is 0 Å². The van der Waals surface area contributed by atoms with Crippen molar-refractivity contribution in [3.63, 3.8) is 0 Å². The molecule has 40 heavy (non-hydrogen) atoms. The summed E-state index contributed by atoms with van der Waals surface area (Å²) >= 11 is 21.4. The minimum absolute atomic E-state index is 0. The fourth-order valence-electron chi connectivity index (χ4n) is 2.50. The molecule has 1 aliphatic rings. The van der Waals surface area contributed by atoms with Crippen LogP contribution in [0.5, 0.6) is 24.0 Å². The van der Waals surface area contributed by atoms with Crippen LogP contribution in [0.2, 0.25) is 21.1 Å². The molecule has 1 saturated heterocycles. The molecule has 16 nitrogen and oxygen atoms in total. The lowest BCUT2D eigenvalue weighted by Crippen LogP contribution is -3.00. The first-order valence-corrected chi connectivity index (χ1v) is 12.1. The van der Waals surface area contributed by atoms with Gasteiger partial charge in [0.15, 0.2) is 0 Å². The number of aliphatic hydroxyl groups is 1. The topological polar surface area (TPSA) is 182 Å². The van der Waals surface area contributed by atoms with Gasteiger partial charge in [-0.3, -0.25) is 4.48 Å². The van der Waals surface area contributed by atoms with Crippen LogP contribution in [-0.4, -0.2) is 119 Å². The highest BCUT2D eigenvalue weighted by molar-refractivity contribution is 6.33. The van der Waals surface area contributed by atoms with Crippen molar-refractivity contribution >= 4 is 52.4 Å². The van der Waals surface area contributed by atoms with E-state index < -0.39 is 0 Å². The number of aliphatic hydroxyl groups excluding tert-OH is 1. The molecule has 3 aromatic heterocycles. The Kier molecular flexibility index (Phi) is 18.4. The summed E-state index contributed by atoms with van der Waals surface area (Å²) in [4.78, 5) is 33.9. The number of hydrogen-bond donors (Lipinski definition) is 1. The number of morpholine rings is 1. The minimum Gasteiger partial charge on any atom is -1.00 e. The summed E-state index contributed by atoms with van der Waals surface area (Å²) in [5.74, 6) is 0.650. The van der Waals surface area contributed by atoms with E-state index in [0.29, 0.717) is 23.6 Å². The molecular weight excluding hydrogens is 642 g/mol. The average Bonchev–Trinajstić information content (AvgIpc) is 2.93. The van der Waals surface area contributed by atoms with E-state index in [4.69, 9.17) is 75.2 Å². The molecule has 4 rings (SSSR count). The third kappa shape index (κ3) is 12.8. The van der Waals surface area contributed by atoms with Crippen LogP contribution in [0.3, 0.4) is 0 Å². The van der Waals surface area contributed by atoms with Crippen LogP contribution < -0.4 is 35.8 Å². The first-order chi connectivity index (χ1) is 18.6. The van der Waals surface area contributed by atoms with Crippen molar-refractivity contribution in [2.75, 3.05) is 68.9 Å². The fourth-order valence-corrected chi connectivity index (χ4v) is 3.25. The molecule has 0 saturated carbocycles. The summed E-state index contributed by atoms with van der Waals surface area (Å²) in [5, 5.41) is 7.05. The van der Waals surface area contributed by atoms with Gasteiger partial charge in [0.05, 0.1) is 48.7 Å². The molecule has 0 radical (unpaired) electrons. The van der Waals surface area contributed by atoms with E-state index in [1.165, 1.54) is 28.4 Å². The summed E-state index contributed by atoms with van der Waals surface area (Å²) < 4.78 is 25.5. The Bertz CT molecular complexity index is 1070. The predicted molar refractivity (Wildman–Crippen MR) is 142 cm³/mol. The summed E-state index contributed by atoms with van der Waals surface area (Å²) in [6.45, 7) is 3.06. The van der Waals surface area contributed by atoms with Gasteiger partial charge in [0.1, 0.15) is 13.1 Å². The zero-order valence-electron chi connectivity index (χ0n) is 22.2. The summed E-state index contributed by atoms with van der Waals surface area (Å²) in [6, 6.07) is 0.832. The molecule has 0 aromatic carbocycles. The molecular formula is C19H27Cl5N10O6. The molecule has 0 spiro atoms. The number of ether oxygens (including phenoxy) is 5. The van der Waals surface area contributed by atoms with Gasteiger partial charge in [0.2, 0.25) is 21.1 Å². The lowest BCUT2D eigenvalue weighted by Gasteiger charge is -2.34. The minimum atomic E-state index is 0. The number of hydrogen-bond acceptors (Lipinski definition) is 15. The van der Waals surface area contributed by atoms with Crippen molar-refractivity contribution < 1.29 is 41.2 Å². The SMILES string of the molecule is CO.COc1nc(Cl)nc(OC)n1.COc1nc(OC)nc([N+]2(C)CCOCC2)n1.Clc1nc(Cl)nc(Cl)n1.[Cl-]. The summed E-state index contributed by atoms with van der Waals surface area (Å²) in [7, 11) is 8.99. The second-order valence-corrected chi connectivity index (χ2v) is 8.14. The van der Waals surface area contributed by atoms with E-state index in [-0.39, 0.29) is 57.6 Å². The normalized spacial score (nSPS) is 12.9. The van der Waals surface area contributed by atoms with Crippen molar-refractivity contribution in [3.05, 3.63) is 21.1 Å². The van der Waals surface area contributed by atoms with E-state index in [1.54, 1.807) is 0 Å². The van der Waals surface area contributed by atoms with Crippen LogP contribution in [0.1, 0.15) is 0 Å². The fraction of sp³-hybridized carbons (Fsp3) is 0.526. The van der Waals surface area contributed by atoms with Gasteiger partial charge in [-0.05, 0) is 46.4 Å². The number of likely N-dealkylation sites (N-methyl/N-ethyl adjacent to an activating group) is 1. The number of quaternary nitrogens is 1. The maximum absolute atomic E-state index is 7.00. The van der Waals surface area contributed by atoms with Crippen molar-refractivity contribution in [3.8, 4) is 24.0 Å². The third-order valence-electron chi connectivity index (χ3n) is 4.37. The molecule has 1 N–H and O–H groups in total. The van der Waals surface area contributed by atoms with E-state index in [1.807, 2.05) is 0 Å². The average molecular weight is 669 g/mol. The molecule has 224 valence electrons. The zero-order chi connectivity index (χ0) is 29.4. The highest BCUT2D eigenvalue weighted by Gasteiger charge is 2.32. The van der Waals surface area contributed by atoms with Crippen LogP contribution in [-0.2, 0) is 4.74 Å². The van der Waals surface area contributed by atoms with E-state index in [2.05, 4.69) is 51.9 Å². The number of aromatic nitrogens is 9. The maximum atomic E-state index is 7.00. The highest BCUT2D eigenvalue weighted by Crippen LogP contribution is 2.22. The van der Waals surface area contributed by atoms with Gasteiger partial charge in [-0.15, -0.1) is 19.9 Å². The first kappa shape index (κ1) is 37.6. The molecule has 1 fully saturated rings. The monoisotopic (exact) mass is 666 g/mol. The molecule has 0 aliphatic carbocycles. The standard InChI is InChI=1S/C10H17N4O3.C5H6ClN3O2.C3Cl3N3.CH4O.ClH/c1-14(4-6-17-7-5-14)8-11-9(15-2)13-10(12-8)16-3;1-10-4-7-3(6)8-5(9-4)11-2;4-1-7-2(5)9-3(6)8-1;1-2;/h4-7H2,1-3H3;1-2H3;;2H,1H3;1H/q+1;;;;/p-1. The summed E-state index contributed by atoms with van der Waals surface area (Å²) in [5.41, 5.74) is 0. The molecule has 0 amide bonds. The van der Waals surface area contributed by atoms with E-state index in [0.717, 1.165) is 20.2 Å². The first-order valence-electron chi connectivity index (χ1n) is 10.6. The Morgan fingerprint density at radius 3 is 1.20 bits per heavy atom. The molecule has 21 heteroatoms. The van der Waals surface area contributed by atoms with Crippen molar-refractivity contribution in [1.82, 2.24) is 49.3 Å². The van der Waals surface area contributed by atoms with Crippen LogP contribution in [0.25, 0.3) is 0 Å². The second-order valence-electron chi connectivity index (χ2n) is 6.78. The number of halogens is 5. The van der Waals surface area contributed by atoms with Crippen LogP contribution in [0.15, 0.2) is 0 Å². The second kappa shape index (κ2) is 19.6. The molecule has 3 aromatic rings. The third-order valence-corrected chi connectivity index (χ3v) is 5.05. The van der Waals surface area contributed by atoms with Crippen molar-refractivity contribution in [1.29, 1.82) is 0 Å². The van der Waals surface area contributed by atoms with Crippen LogP contribution >= 0.6 is 46.4 Å². The zero-order valence-corrected chi connectivity index (χ0v) is 26.0. The largest absolute Gasteiger partial charge is 1.00 e. The lowest BCUT2D eigenvalue weighted by atomic mass is 10.4. The number of nitrogens with zero attached hydrogens (tertiary/aromatic N) is 10. The Morgan fingerprint density at radius 2 is 0.875 bits per heavy atom. The quantitative estimate of drug-likeness (QED) is 0.321.